The van der Waals surface area contributed by atoms with Gasteiger partial charge in [-0.15, -0.1) is 0 Å². The van der Waals surface area contributed by atoms with Gasteiger partial charge in [-0.1, -0.05) is 30.3 Å². The van der Waals surface area contributed by atoms with Crippen molar-refractivity contribution in [2.45, 2.75) is 26.1 Å². The molecule has 0 saturated heterocycles. The number of carboxylic acid groups (broad SMARTS) is 1. The summed E-state index contributed by atoms with van der Waals surface area (Å²) in [6, 6.07) is 22.7. The van der Waals surface area contributed by atoms with E-state index >= 15 is 0 Å². The van der Waals surface area contributed by atoms with E-state index in [2.05, 4.69) is 57.0 Å². The van der Waals surface area contributed by atoms with Crippen molar-refractivity contribution in [2.75, 3.05) is 0 Å². The number of carbonyl (C=O) groups is 1. The first-order valence-electron chi connectivity index (χ1n) is 11.0. The van der Waals surface area contributed by atoms with Crippen LogP contribution in [0, 0.1) is 0 Å². The maximum absolute atomic E-state index is 10.6. The molecule has 0 saturated carbocycles. The summed E-state index contributed by atoms with van der Waals surface area (Å²) in [5.74, 6) is -1.87. The number of aliphatic carboxylic acids is 1. The molecule has 0 unspecified atom stereocenters. The summed E-state index contributed by atoms with van der Waals surface area (Å²) in [6.45, 7) is 4.06. The predicted molar refractivity (Wildman–Crippen MR) is 131 cm³/mol. The molecule has 0 fully saturated rings. The fourth-order valence-electron chi connectivity index (χ4n) is 3.68. The van der Waals surface area contributed by atoms with Crippen LogP contribution in [-0.4, -0.2) is 37.7 Å². The van der Waals surface area contributed by atoms with Gasteiger partial charge in [-0.3, -0.25) is 9.38 Å². The maximum Gasteiger partial charge on any atom is 0.490 e. The molecular formula is C27H22F3N3O3. The Morgan fingerprint density at radius 2 is 1.69 bits per heavy atom. The molecule has 0 amide bonds. The molecule has 0 spiro atoms. The number of fused-ring (bicyclic) bond motifs is 2. The minimum atomic E-state index is -5.08. The van der Waals surface area contributed by atoms with E-state index in [0.717, 1.165) is 44.7 Å². The molecule has 0 aliphatic heterocycles. The molecule has 9 heteroatoms. The van der Waals surface area contributed by atoms with Crippen molar-refractivity contribution in [3.8, 4) is 28.1 Å². The van der Waals surface area contributed by atoms with E-state index in [0.29, 0.717) is 0 Å². The van der Waals surface area contributed by atoms with Gasteiger partial charge in [-0.25, -0.2) is 9.78 Å². The first-order chi connectivity index (χ1) is 17.1. The van der Waals surface area contributed by atoms with Gasteiger partial charge >= 0.3 is 12.1 Å². The number of rotatable bonds is 4. The zero-order valence-electron chi connectivity index (χ0n) is 19.4. The molecule has 3 heterocycles. The molecule has 0 radical (unpaired) electrons. The van der Waals surface area contributed by atoms with Crippen LogP contribution >= 0.6 is 0 Å². The lowest BCUT2D eigenvalue weighted by Gasteiger charge is -2.10. The van der Waals surface area contributed by atoms with Crippen LogP contribution in [0.3, 0.4) is 0 Å². The molecule has 0 atom stereocenters. The Bertz CT molecular complexity index is 1500. The number of nitrogens with zero attached hydrogens (tertiary/aromatic N) is 3. The fraction of sp³-hybridized carbons (Fsp3) is 0.148. The third-order valence-electron chi connectivity index (χ3n) is 5.24. The molecule has 5 aromatic rings. The van der Waals surface area contributed by atoms with Crippen LogP contribution in [0.2, 0.25) is 0 Å². The van der Waals surface area contributed by atoms with Crippen LogP contribution in [0.4, 0.5) is 13.2 Å². The number of imidazole rings is 1. The Morgan fingerprint density at radius 3 is 2.36 bits per heavy atom. The van der Waals surface area contributed by atoms with Gasteiger partial charge in [0.05, 0.1) is 23.5 Å². The number of aromatic nitrogens is 3. The van der Waals surface area contributed by atoms with Crippen LogP contribution in [0.15, 0.2) is 85.3 Å². The minimum absolute atomic E-state index is 0.171. The zero-order chi connectivity index (χ0) is 25.9. The average molecular weight is 493 g/mol. The molecule has 2 aromatic carbocycles. The van der Waals surface area contributed by atoms with Crippen LogP contribution in [0.5, 0.6) is 5.75 Å². The van der Waals surface area contributed by atoms with Crippen molar-refractivity contribution >= 4 is 22.5 Å². The van der Waals surface area contributed by atoms with Gasteiger partial charge in [0.15, 0.2) is 0 Å². The van der Waals surface area contributed by atoms with Crippen LogP contribution in [0.25, 0.3) is 38.9 Å². The second-order valence-electron chi connectivity index (χ2n) is 8.16. The van der Waals surface area contributed by atoms with E-state index in [1.54, 1.807) is 0 Å². The van der Waals surface area contributed by atoms with Crippen molar-refractivity contribution in [1.29, 1.82) is 0 Å². The fourth-order valence-corrected chi connectivity index (χ4v) is 3.68. The molecule has 0 aliphatic carbocycles. The summed E-state index contributed by atoms with van der Waals surface area (Å²) in [5.41, 5.74) is 6.37. The van der Waals surface area contributed by atoms with Gasteiger partial charge in [-0.2, -0.15) is 13.2 Å². The minimum Gasteiger partial charge on any atom is -0.491 e. The zero-order valence-corrected chi connectivity index (χ0v) is 19.4. The van der Waals surface area contributed by atoms with E-state index in [1.165, 1.54) is 0 Å². The number of pyridine rings is 2. The van der Waals surface area contributed by atoms with Gasteiger partial charge in [0.1, 0.15) is 11.4 Å². The Balaban J connectivity index is 0.000000384. The first-order valence-corrected chi connectivity index (χ1v) is 11.0. The number of halogens is 3. The number of hydrogen-bond acceptors (Lipinski definition) is 4. The van der Waals surface area contributed by atoms with Gasteiger partial charge in [0.2, 0.25) is 0 Å². The van der Waals surface area contributed by atoms with E-state index in [9.17, 15) is 13.2 Å². The summed E-state index contributed by atoms with van der Waals surface area (Å²) < 4.78 is 39.6. The van der Waals surface area contributed by atoms with Gasteiger partial charge in [0, 0.05) is 23.3 Å². The smallest absolute Gasteiger partial charge is 0.490 e. The van der Waals surface area contributed by atoms with Crippen LogP contribution < -0.4 is 4.74 Å². The molecule has 1 N–H and O–H groups in total. The third-order valence-corrected chi connectivity index (χ3v) is 5.24. The number of ether oxygens (including phenoxy) is 1. The topological polar surface area (TPSA) is 76.7 Å². The summed E-state index contributed by atoms with van der Waals surface area (Å²) in [7, 11) is 0. The second kappa shape index (κ2) is 10.1. The molecule has 5 rings (SSSR count). The average Bonchev–Trinajstić information content (AvgIpc) is 3.27. The first kappa shape index (κ1) is 24.7. The van der Waals surface area contributed by atoms with Crippen LogP contribution in [-0.2, 0) is 4.79 Å². The molecular weight excluding hydrogens is 471 g/mol. The Kier molecular flexibility index (Phi) is 6.91. The SMILES string of the molecule is CC(C)Oc1ccc(-c2ccn3c(-c4cccc5ncccc45)cnc3c2)cc1.O=C(O)C(F)(F)F. The monoisotopic (exact) mass is 493 g/mol. The Hall–Kier alpha value is -4.40. The highest BCUT2D eigenvalue weighted by molar-refractivity contribution is 5.94. The number of carboxylic acids is 1. The quantitative estimate of drug-likeness (QED) is 0.304. The van der Waals surface area contributed by atoms with Crippen molar-refractivity contribution in [2.24, 2.45) is 0 Å². The number of benzene rings is 2. The molecule has 0 bridgehead atoms. The lowest BCUT2D eigenvalue weighted by atomic mass is 10.1. The summed E-state index contributed by atoms with van der Waals surface area (Å²) >= 11 is 0. The molecule has 3 aromatic heterocycles. The predicted octanol–water partition coefficient (Wildman–Crippen LogP) is 6.64. The Morgan fingerprint density at radius 1 is 0.972 bits per heavy atom. The Labute approximate surface area is 204 Å². The van der Waals surface area contributed by atoms with E-state index in [1.807, 2.05) is 56.6 Å². The van der Waals surface area contributed by atoms with Crippen molar-refractivity contribution < 1.29 is 27.8 Å². The summed E-state index contributed by atoms with van der Waals surface area (Å²) in [5, 5.41) is 8.25. The van der Waals surface area contributed by atoms with Gasteiger partial charge < -0.3 is 9.84 Å². The van der Waals surface area contributed by atoms with E-state index < -0.39 is 12.1 Å². The largest absolute Gasteiger partial charge is 0.491 e. The summed E-state index contributed by atoms with van der Waals surface area (Å²) in [4.78, 5) is 18.0. The lowest BCUT2D eigenvalue weighted by Crippen LogP contribution is -2.21. The second-order valence-corrected chi connectivity index (χ2v) is 8.16. The lowest BCUT2D eigenvalue weighted by molar-refractivity contribution is -0.192. The molecule has 184 valence electrons. The number of alkyl halides is 3. The van der Waals surface area contributed by atoms with Crippen molar-refractivity contribution in [3.05, 3.63) is 85.3 Å². The van der Waals surface area contributed by atoms with E-state index in [-0.39, 0.29) is 6.10 Å². The molecule has 6 nitrogen and oxygen atoms in total. The number of hydrogen-bond donors (Lipinski definition) is 1. The standard InChI is InChI=1S/C25H21N3O.C2HF3O2/c1-17(2)29-20-10-8-18(9-11-20)19-12-14-28-24(16-27-25(28)15-19)22-5-3-7-23-21(22)6-4-13-26-23;3-2(4,5)1(6)7/h3-17H,1-2H3;(H,6,7). The normalized spacial score (nSPS) is 11.4. The third kappa shape index (κ3) is 5.46. The highest BCUT2D eigenvalue weighted by Crippen LogP contribution is 2.30. The molecule has 36 heavy (non-hydrogen) atoms. The molecule has 0 aliphatic rings. The highest BCUT2D eigenvalue weighted by atomic mass is 19.4. The van der Waals surface area contributed by atoms with Gasteiger partial charge in [0.25, 0.3) is 0 Å². The maximum atomic E-state index is 10.6. The summed E-state index contributed by atoms with van der Waals surface area (Å²) in [6.07, 6.45) is 0.927. The van der Waals surface area contributed by atoms with Crippen molar-refractivity contribution in [1.82, 2.24) is 14.4 Å². The van der Waals surface area contributed by atoms with Crippen LogP contribution in [0.1, 0.15) is 13.8 Å². The highest BCUT2D eigenvalue weighted by Gasteiger charge is 2.38. The van der Waals surface area contributed by atoms with Gasteiger partial charge in [-0.05, 0) is 61.4 Å². The van der Waals surface area contributed by atoms with E-state index in [4.69, 9.17) is 14.6 Å². The van der Waals surface area contributed by atoms with Crippen molar-refractivity contribution in [3.63, 3.8) is 0 Å².